The predicted octanol–water partition coefficient (Wildman–Crippen LogP) is -1.38. The molecular weight excluding hydrogens is 264 g/mol. The summed E-state index contributed by atoms with van der Waals surface area (Å²) in [7, 11) is 0. The van der Waals surface area contributed by atoms with Gasteiger partial charge in [0.05, 0.1) is 0 Å². The van der Waals surface area contributed by atoms with Crippen LogP contribution in [0.5, 0.6) is 0 Å². The lowest BCUT2D eigenvalue weighted by Crippen LogP contribution is -2.46. The van der Waals surface area contributed by atoms with Crippen molar-refractivity contribution in [2.75, 3.05) is 0 Å². The second-order valence-corrected chi connectivity index (χ2v) is 2.92. The minimum absolute atomic E-state index is 1.82. The van der Waals surface area contributed by atoms with E-state index in [9.17, 15) is 15.6 Å². The van der Waals surface area contributed by atoms with E-state index < -0.39 is 32.2 Å². The standard InChI is InChI=1S/C3H6N6O9/c10-7(11,12)1-2(8(13,14)15)4-6-5-3(1)9(16,17)18/h10-11,13-14,16-17H. The van der Waals surface area contributed by atoms with Crippen molar-refractivity contribution in [3.8, 4) is 0 Å². The molecule has 18 heavy (non-hydrogen) atoms. The summed E-state index contributed by atoms with van der Waals surface area (Å²) in [5, 5.41) is 91.7. The highest BCUT2D eigenvalue weighted by molar-refractivity contribution is 5.71. The molecule has 0 atom stereocenters. The molecule has 1 aromatic rings. The molecule has 102 valence electrons. The molecule has 0 aromatic carbocycles. The summed E-state index contributed by atoms with van der Waals surface area (Å²) in [5.74, 6) is -3.64. The van der Waals surface area contributed by atoms with Crippen molar-refractivity contribution in [1.82, 2.24) is 30.3 Å². The predicted molar refractivity (Wildman–Crippen MR) is 46.0 cm³/mol. The molecule has 0 aliphatic carbocycles. The zero-order valence-electron chi connectivity index (χ0n) is 8.09. The van der Waals surface area contributed by atoms with E-state index in [1.54, 1.807) is 0 Å². The molecule has 0 aliphatic heterocycles. The first kappa shape index (κ1) is 14.6. The van der Waals surface area contributed by atoms with Gasteiger partial charge in [-0.15, -0.1) is 0 Å². The summed E-state index contributed by atoms with van der Waals surface area (Å²) in [5.41, 5.74) is -1.94. The van der Waals surface area contributed by atoms with Gasteiger partial charge in [-0.3, -0.25) is 0 Å². The van der Waals surface area contributed by atoms with Crippen LogP contribution in [-0.2, 0) is 0 Å². The fourth-order valence-corrected chi connectivity index (χ4v) is 0.955. The van der Waals surface area contributed by atoms with Crippen LogP contribution < -0.4 is 14.9 Å². The summed E-state index contributed by atoms with van der Waals surface area (Å²) in [4.78, 5) is -10.6. The molecule has 0 aliphatic rings. The molecule has 0 saturated carbocycles. The van der Waals surface area contributed by atoms with Gasteiger partial charge in [-0.1, -0.05) is 10.2 Å². The Labute approximate surface area is 95.7 Å². The minimum atomic E-state index is -3.61. The lowest BCUT2D eigenvalue weighted by molar-refractivity contribution is -0.281. The van der Waals surface area contributed by atoms with Crippen LogP contribution in [0, 0.1) is 15.6 Å². The van der Waals surface area contributed by atoms with E-state index in [1.165, 1.54) is 0 Å². The van der Waals surface area contributed by atoms with Gasteiger partial charge in [0.15, 0.2) is 0 Å². The van der Waals surface area contributed by atoms with Crippen molar-refractivity contribution < 1.29 is 31.2 Å². The molecule has 6 N–H and O–H groups in total. The third kappa shape index (κ3) is 2.85. The van der Waals surface area contributed by atoms with E-state index in [4.69, 9.17) is 31.2 Å². The molecule has 1 rings (SSSR count). The van der Waals surface area contributed by atoms with E-state index in [2.05, 4.69) is 15.4 Å². The second kappa shape index (κ2) is 4.03. The fraction of sp³-hybridized carbons (Fsp3) is 0. The molecule has 0 fully saturated rings. The van der Waals surface area contributed by atoms with Crippen molar-refractivity contribution >= 4 is 17.3 Å². The third-order valence-electron chi connectivity index (χ3n) is 1.55. The Bertz CT molecular complexity index is 411. The lowest BCUT2D eigenvalue weighted by atomic mass is 10.4. The van der Waals surface area contributed by atoms with Crippen LogP contribution >= 0.6 is 0 Å². The molecule has 0 spiro atoms. The van der Waals surface area contributed by atoms with Gasteiger partial charge in [-0.25, -0.2) is 0 Å². The highest BCUT2D eigenvalue weighted by atomic mass is 17.1. The van der Waals surface area contributed by atoms with Crippen molar-refractivity contribution in [1.29, 1.82) is 0 Å². The maximum absolute atomic E-state index is 10.8. The summed E-state index contributed by atoms with van der Waals surface area (Å²) in [6.45, 7) is 0. The van der Waals surface area contributed by atoms with Crippen molar-refractivity contribution in [2.24, 2.45) is 0 Å². The zero-order chi connectivity index (χ0) is 14.4. The molecule has 0 bridgehead atoms. The average Bonchev–Trinajstić information content (AvgIpc) is 2.12. The van der Waals surface area contributed by atoms with Gasteiger partial charge in [0.25, 0.3) is 0 Å². The number of hydrogen-bond donors (Lipinski definition) is 6. The Hall–Kier alpha value is -1.47. The number of hydrogen-bond acceptors (Lipinski definition) is 12. The first-order valence-electron chi connectivity index (χ1n) is 3.77. The van der Waals surface area contributed by atoms with E-state index in [0.717, 1.165) is 0 Å². The van der Waals surface area contributed by atoms with Gasteiger partial charge in [0, 0.05) is 0 Å². The number of quaternary nitrogens is 3. The topological polar surface area (TPSA) is 229 Å². The number of nitrogens with zero attached hydrogens (tertiary/aromatic N) is 6. The monoisotopic (exact) mass is 270 g/mol. The van der Waals surface area contributed by atoms with Crippen LogP contribution in [0.3, 0.4) is 0 Å². The fourth-order valence-electron chi connectivity index (χ4n) is 0.955. The smallest absolute Gasteiger partial charge is 0.393 e. The summed E-state index contributed by atoms with van der Waals surface area (Å²) in [6, 6.07) is 0. The van der Waals surface area contributed by atoms with E-state index in [1.807, 2.05) is 0 Å². The van der Waals surface area contributed by atoms with Crippen LogP contribution in [0.1, 0.15) is 0 Å². The second-order valence-electron chi connectivity index (χ2n) is 2.92. The van der Waals surface area contributed by atoms with Crippen molar-refractivity contribution in [3.05, 3.63) is 15.6 Å². The molecule has 0 saturated heterocycles. The minimum Gasteiger partial charge on any atom is -0.559 e. The zero-order valence-corrected chi connectivity index (χ0v) is 8.09. The molecule has 1 heterocycles. The van der Waals surface area contributed by atoms with Gasteiger partial charge < -0.3 is 15.6 Å². The molecule has 0 radical (unpaired) electrons. The summed E-state index contributed by atoms with van der Waals surface area (Å²) < 4.78 is 0. The van der Waals surface area contributed by atoms with Gasteiger partial charge in [-0.05, 0) is 20.1 Å². The average molecular weight is 270 g/mol. The van der Waals surface area contributed by atoms with Gasteiger partial charge in [0.1, 0.15) is 0 Å². The highest BCUT2D eigenvalue weighted by Gasteiger charge is 2.46. The maximum Gasteiger partial charge on any atom is 0.393 e. The van der Waals surface area contributed by atoms with Crippen LogP contribution in [-0.4, -0.2) is 46.7 Å². The molecule has 0 amide bonds. The normalized spacial score (nSPS) is 13.8. The summed E-state index contributed by atoms with van der Waals surface area (Å²) in [6.07, 6.45) is 0. The van der Waals surface area contributed by atoms with Crippen LogP contribution in [0.4, 0.5) is 17.3 Å². The lowest BCUT2D eigenvalue weighted by Gasteiger charge is -2.30. The van der Waals surface area contributed by atoms with E-state index >= 15 is 0 Å². The molecule has 1 aromatic heterocycles. The number of aromatic nitrogens is 3. The van der Waals surface area contributed by atoms with Gasteiger partial charge >= 0.3 is 17.3 Å². The molecule has 0 unspecified atom stereocenters. The first-order chi connectivity index (χ1) is 7.85. The van der Waals surface area contributed by atoms with Crippen LogP contribution in [0.15, 0.2) is 0 Å². The van der Waals surface area contributed by atoms with E-state index in [0.29, 0.717) is 0 Å². The quantitative estimate of drug-likeness (QED) is 0.275. The Morgan fingerprint density at radius 2 is 1.00 bits per heavy atom. The van der Waals surface area contributed by atoms with Crippen LogP contribution in [0.2, 0.25) is 0 Å². The first-order valence-corrected chi connectivity index (χ1v) is 3.77. The highest BCUT2D eigenvalue weighted by Crippen LogP contribution is 2.38. The number of rotatable bonds is 3. The Morgan fingerprint density at radius 1 is 0.667 bits per heavy atom. The van der Waals surface area contributed by atoms with Crippen molar-refractivity contribution in [2.45, 2.75) is 0 Å². The van der Waals surface area contributed by atoms with E-state index in [-0.39, 0.29) is 0 Å². The van der Waals surface area contributed by atoms with Gasteiger partial charge in [-0.2, -0.15) is 31.2 Å². The molecule has 15 heteroatoms. The Balaban J connectivity index is 3.68. The largest absolute Gasteiger partial charge is 0.559 e. The molecule has 15 nitrogen and oxygen atoms in total. The summed E-state index contributed by atoms with van der Waals surface area (Å²) >= 11 is 0. The van der Waals surface area contributed by atoms with Crippen LogP contribution in [0.25, 0.3) is 0 Å². The maximum atomic E-state index is 10.8. The third-order valence-corrected chi connectivity index (χ3v) is 1.55. The van der Waals surface area contributed by atoms with Crippen molar-refractivity contribution in [3.63, 3.8) is 0 Å². The Morgan fingerprint density at radius 3 is 1.22 bits per heavy atom. The van der Waals surface area contributed by atoms with Gasteiger partial charge in [0.2, 0.25) is 0 Å². The SMILES string of the molecule is [O-][N+](O)(O)c1nnnc([N+]([O-])(O)O)c1[N+]([O-])(O)O. The molecular formula is C3H6N6O9. The Kier molecular flexibility index (Phi) is 3.27.